The summed E-state index contributed by atoms with van der Waals surface area (Å²) < 4.78 is 30.3. The lowest BCUT2D eigenvalue weighted by atomic mass is 10.1. The van der Waals surface area contributed by atoms with E-state index in [1.807, 2.05) is 0 Å². The lowest BCUT2D eigenvalue weighted by Gasteiger charge is -2.21. The van der Waals surface area contributed by atoms with Crippen molar-refractivity contribution >= 4 is 16.3 Å². The van der Waals surface area contributed by atoms with E-state index in [-0.39, 0.29) is 6.54 Å². The van der Waals surface area contributed by atoms with E-state index in [9.17, 15) is 18.3 Å². The summed E-state index contributed by atoms with van der Waals surface area (Å²) in [5.74, 6) is 0. The molecule has 1 aliphatic heterocycles. The Labute approximate surface area is 93.5 Å². The van der Waals surface area contributed by atoms with Gasteiger partial charge >= 0.3 is 16.3 Å². The number of amides is 1. The first-order valence-electron chi connectivity index (χ1n) is 4.65. The lowest BCUT2D eigenvalue weighted by Crippen LogP contribution is -2.48. The molecule has 16 heavy (non-hydrogen) atoms. The fourth-order valence-corrected chi connectivity index (χ4v) is 2.13. The van der Waals surface area contributed by atoms with Gasteiger partial charge in [-0.3, -0.25) is 0 Å². The van der Waals surface area contributed by atoms with E-state index in [0.717, 1.165) is 7.11 Å². The van der Waals surface area contributed by atoms with Gasteiger partial charge in [-0.15, -0.1) is 0 Å². The van der Waals surface area contributed by atoms with Gasteiger partial charge < -0.3 is 15.2 Å². The molecule has 9 heteroatoms. The average molecular weight is 253 g/mol. The van der Waals surface area contributed by atoms with Crippen molar-refractivity contribution in [1.82, 2.24) is 14.8 Å². The first kappa shape index (κ1) is 13.2. The van der Waals surface area contributed by atoms with Gasteiger partial charge in [0.15, 0.2) is 0 Å². The monoisotopic (exact) mass is 253 g/mol. The van der Waals surface area contributed by atoms with Gasteiger partial charge in [0, 0.05) is 13.1 Å². The number of hydrogen-bond donors (Lipinski definition) is 4. The zero-order chi connectivity index (χ0) is 12.2. The third-order valence-corrected chi connectivity index (χ3v) is 3.18. The van der Waals surface area contributed by atoms with Gasteiger partial charge in [-0.1, -0.05) is 0 Å². The van der Waals surface area contributed by atoms with Gasteiger partial charge in [0.2, 0.25) is 0 Å². The highest BCUT2D eigenvalue weighted by Crippen LogP contribution is 2.12. The molecule has 94 valence electrons. The SMILES string of the molecule is COC(=O)NS(=O)(=O)NCC1(O)CCNC1. The minimum absolute atomic E-state index is 0.160. The molecule has 0 aromatic heterocycles. The minimum Gasteiger partial charge on any atom is -0.452 e. The Morgan fingerprint density at radius 3 is 2.81 bits per heavy atom. The molecule has 1 rings (SSSR count). The second kappa shape index (κ2) is 4.95. The second-order valence-corrected chi connectivity index (χ2v) is 5.07. The van der Waals surface area contributed by atoms with Crippen molar-refractivity contribution in [2.75, 3.05) is 26.7 Å². The average Bonchev–Trinajstić information content (AvgIpc) is 2.63. The fraction of sp³-hybridized carbons (Fsp3) is 0.857. The number of aliphatic hydroxyl groups is 1. The van der Waals surface area contributed by atoms with Gasteiger partial charge in [-0.25, -0.2) is 9.52 Å². The zero-order valence-electron chi connectivity index (χ0n) is 8.82. The third-order valence-electron chi connectivity index (χ3n) is 2.22. The molecule has 0 bridgehead atoms. The first-order valence-corrected chi connectivity index (χ1v) is 6.14. The highest BCUT2D eigenvalue weighted by atomic mass is 32.2. The number of carbonyl (C=O) groups is 1. The van der Waals surface area contributed by atoms with Crippen LogP contribution in [0.5, 0.6) is 0 Å². The number of carbonyl (C=O) groups excluding carboxylic acids is 1. The van der Waals surface area contributed by atoms with E-state index >= 15 is 0 Å². The van der Waals surface area contributed by atoms with E-state index in [1.165, 1.54) is 0 Å². The molecule has 0 radical (unpaired) electrons. The molecular weight excluding hydrogens is 238 g/mol. The number of nitrogens with one attached hydrogen (secondary N) is 3. The Kier molecular flexibility index (Phi) is 4.08. The van der Waals surface area contributed by atoms with Crippen LogP contribution in [-0.2, 0) is 14.9 Å². The molecule has 1 amide bonds. The van der Waals surface area contributed by atoms with Crippen molar-refractivity contribution in [3.8, 4) is 0 Å². The molecule has 0 aromatic rings. The van der Waals surface area contributed by atoms with Crippen molar-refractivity contribution in [1.29, 1.82) is 0 Å². The molecule has 0 aliphatic carbocycles. The highest BCUT2D eigenvalue weighted by Gasteiger charge is 2.32. The number of methoxy groups -OCH3 is 1. The highest BCUT2D eigenvalue weighted by molar-refractivity contribution is 7.88. The molecule has 1 fully saturated rings. The summed E-state index contributed by atoms with van der Waals surface area (Å²) in [7, 11) is -2.93. The number of β-amino-alcohol motifs (C(OH)–C–C–N with tert-alkyl or cyclic N) is 1. The first-order chi connectivity index (χ1) is 7.37. The Hall–Kier alpha value is -0.900. The summed E-state index contributed by atoms with van der Waals surface area (Å²) in [4.78, 5) is 10.7. The van der Waals surface area contributed by atoms with Gasteiger partial charge in [0.1, 0.15) is 0 Å². The van der Waals surface area contributed by atoms with Crippen LogP contribution in [0.15, 0.2) is 0 Å². The summed E-state index contributed by atoms with van der Waals surface area (Å²) in [6.45, 7) is 0.780. The van der Waals surface area contributed by atoms with Crippen LogP contribution in [0.25, 0.3) is 0 Å². The third kappa shape index (κ3) is 3.93. The van der Waals surface area contributed by atoms with E-state index in [1.54, 1.807) is 4.72 Å². The molecule has 0 spiro atoms. The molecule has 1 saturated heterocycles. The van der Waals surface area contributed by atoms with E-state index in [0.29, 0.717) is 19.5 Å². The smallest absolute Gasteiger partial charge is 0.421 e. The zero-order valence-corrected chi connectivity index (χ0v) is 9.63. The molecule has 1 heterocycles. The molecule has 0 saturated carbocycles. The van der Waals surface area contributed by atoms with Gasteiger partial charge in [-0.2, -0.15) is 13.1 Å². The van der Waals surface area contributed by atoms with E-state index in [2.05, 4.69) is 14.8 Å². The van der Waals surface area contributed by atoms with Crippen LogP contribution in [0.4, 0.5) is 4.79 Å². The summed E-state index contributed by atoms with van der Waals surface area (Å²) in [6, 6.07) is 0. The maximum atomic E-state index is 11.2. The number of hydrogen-bond acceptors (Lipinski definition) is 6. The van der Waals surface area contributed by atoms with Crippen LogP contribution in [0.2, 0.25) is 0 Å². The molecule has 4 N–H and O–H groups in total. The molecule has 8 nitrogen and oxygen atoms in total. The fourth-order valence-electron chi connectivity index (χ4n) is 1.30. The van der Waals surface area contributed by atoms with Gasteiger partial charge in [0.05, 0.1) is 12.7 Å². The Balaban J connectivity index is 2.44. The minimum atomic E-state index is -3.98. The summed E-state index contributed by atoms with van der Waals surface area (Å²) in [5.41, 5.74) is -1.11. The number of ether oxygens (including phenoxy) is 1. The Morgan fingerprint density at radius 1 is 1.62 bits per heavy atom. The van der Waals surface area contributed by atoms with Crippen LogP contribution in [-0.4, -0.2) is 52.0 Å². The van der Waals surface area contributed by atoms with Gasteiger partial charge in [0.25, 0.3) is 0 Å². The summed E-state index contributed by atoms with van der Waals surface area (Å²) in [5, 5.41) is 12.7. The molecule has 1 atom stereocenters. The van der Waals surface area contributed by atoms with E-state index in [4.69, 9.17) is 0 Å². The van der Waals surface area contributed by atoms with Crippen LogP contribution < -0.4 is 14.8 Å². The maximum absolute atomic E-state index is 11.2. The van der Waals surface area contributed by atoms with E-state index < -0.39 is 21.9 Å². The normalized spacial score (nSPS) is 25.4. The predicted molar refractivity (Wildman–Crippen MR) is 54.9 cm³/mol. The Morgan fingerprint density at radius 2 is 2.31 bits per heavy atom. The molecular formula is C7H15N3O5S. The van der Waals surface area contributed by atoms with Gasteiger partial charge in [-0.05, 0) is 13.0 Å². The van der Waals surface area contributed by atoms with Crippen LogP contribution in [0.1, 0.15) is 6.42 Å². The van der Waals surface area contributed by atoms with Crippen molar-refractivity contribution in [2.45, 2.75) is 12.0 Å². The standard InChI is InChI=1S/C7H15N3O5S/c1-15-6(11)10-16(13,14)9-5-7(12)2-3-8-4-7/h8-9,12H,2-5H2,1H3,(H,10,11). The van der Waals surface area contributed by atoms with Crippen LogP contribution in [0, 0.1) is 0 Å². The summed E-state index contributed by atoms with van der Waals surface area (Å²) >= 11 is 0. The topological polar surface area (TPSA) is 117 Å². The van der Waals surface area contributed by atoms with Crippen molar-refractivity contribution in [3.63, 3.8) is 0 Å². The van der Waals surface area contributed by atoms with Crippen molar-refractivity contribution < 1.29 is 23.1 Å². The molecule has 1 unspecified atom stereocenters. The molecule has 1 aliphatic rings. The predicted octanol–water partition coefficient (Wildman–Crippen LogP) is -2.10. The lowest BCUT2D eigenvalue weighted by molar-refractivity contribution is 0.0666. The quantitative estimate of drug-likeness (QED) is 0.456. The van der Waals surface area contributed by atoms with Crippen molar-refractivity contribution in [3.05, 3.63) is 0 Å². The summed E-state index contributed by atoms with van der Waals surface area (Å²) in [6.07, 6.45) is -0.627. The molecule has 0 aromatic carbocycles. The maximum Gasteiger partial charge on any atom is 0.421 e. The second-order valence-electron chi connectivity index (χ2n) is 3.57. The largest absolute Gasteiger partial charge is 0.452 e. The number of rotatable bonds is 4. The van der Waals surface area contributed by atoms with Crippen LogP contribution >= 0.6 is 0 Å². The van der Waals surface area contributed by atoms with Crippen LogP contribution in [0.3, 0.4) is 0 Å². The Bertz CT molecular complexity index is 349. The van der Waals surface area contributed by atoms with Crippen molar-refractivity contribution in [2.24, 2.45) is 0 Å².